The van der Waals surface area contributed by atoms with E-state index >= 15 is 0 Å². The van der Waals surface area contributed by atoms with Crippen molar-refractivity contribution in [1.82, 2.24) is 10.2 Å². The van der Waals surface area contributed by atoms with E-state index in [9.17, 15) is 9.90 Å². The van der Waals surface area contributed by atoms with E-state index in [-0.39, 0.29) is 5.91 Å². The van der Waals surface area contributed by atoms with E-state index in [4.69, 9.17) is 4.74 Å². The van der Waals surface area contributed by atoms with Gasteiger partial charge in [0, 0.05) is 45.5 Å². The smallest absolute Gasteiger partial charge is 0.253 e. The zero-order valence-electron chi connectivity index (χ0n) is 16.1. The van der Waals surface area contributed by atoms with Crippen LogP contribution in [0, 0.1) is 6.92 Å². The van der Waals surface area contributed by atoms with Crippen molar-refractivity contribution in [2.24, 2.45) is 0 Å². The molecule has 2 aliphatic heterocycles. The van der Waals surface area contributed by atoms with Crippen LogP contribution in [0.25, 0.3) is 0 Å². The molecule has 0 unspecified atom stereocenters. The fourth-order valence-corrected chi connectivity index (χ4v) is 4.14. The number of piperidine rings is 1. The van der Waals surface area contributed by atoms with Crippen LogP contribution in [0.4, 0.5) is 5.69 Å². The Morgan fingerprint density at radius 1 is 1.27 bits per heavy atom. The Morgan fingerprint density at radius 2 is 1.96 bits per heavy atom. The van der Waals surface area contributed by atoms with E-state index in [0.29, 0.717) is 19.7 Å². The average molecular weight is 361 g/mol. The highest BCUT2D eigenvalue weighted by Crippen LogP contribution is 2.30. The van der Waals surface area contributed by atoms with Gasteiger partial charge in [-0.1, -0.05) is 18.2 Å². The molecule has 1 aromatic rings. The third-order valence-electron chi connectivity index (χ3n) is 5.73. The number of nitrogens with one attached hydrogen (secondary N) is 1. The van der Waals surface area contributed by atoms with Crippen LogP contribution < -0.4 is 10.2 Å². The fraction of sp³-hybridized carbons (Fsp3) is 0.650. The summed E-state index contributed by atoms with van der Waals surface area (Å²) in [4.78, 5) is 16.6. The molecule has 0 aromatic heterocycles. The van der Waals surface area contributed by atoms with E-state index in [1.54, 1.807) is 7.05 Å². The van der Waals surface area contributed by atoms with Gasteiger partial charge in [-0.25, -0.2) is 0 Å². The van der Waals surface area contributed by atoms with Gasteiger partial charge in [-0.2, -0.15) is 0 Å². The zero-order valence-corrected chi connectivity index (χ0v) is 16.1. The molecule has 1 amide bonds. The quantitative estimate of drug-likeness (QED) is 0.843. The second kappa shape index (κ2) is 7.55. The zero-order chi connectivity index (χ0) is 18.8. The Morgan fingerprint density at radius 3 is 2.62 bits per heavy atom. The van der Waals surface area contributed by atoms with Gasteiger partial charge in [0.15, 0.2) is 5.60 Å². The third-order valence-corrected chi connectivity index (χ3v) is 5.73. The SMILES string of the molecule is CNC(=O)[C@@]1(C)CN(CC2(O)CCN(c3ccccc3C)CC2)CCO1. The molecule has 26 heavy (non-hydrogen) atoms. The van der Waals surface area contributed by atoms with Crippen molar-refractivity contribution in [3.05, 3.63) is 29.8 Å². The number of morpholine rings is 1. The van der Waals surface area contributed by atoms with Crippen molar-refractivity contribution < 1.29 is 14.6 Å². The molecule has 144 valence electrons. The number of likely N-dealkylation sites (N-methyl/N-ethyl adjacent to an activating group) is 1. The van der Waals surface area contributed by atoms with Crippen LogP contribution in [0.1, 0.15) is 25.3 Å². The molecule has 0 aliphatic carbocycles. The first-order valence-corrected chi connectivity index (χ1v) is 9.47. The van der Waals surface area contributed by atoms with Crippen LogP contribution in [0.3, 0.4) is 0 Å². The van der Waals surface area contributed by atoms with Gasteiger partial charge in [0.05, 0.1) is 12.2 Å². The predicted molar refractivity (Wildman–Crippen MR) is 102 cm³/mol. The lowest BCUT2D eigenvalue weighted by molar-refractivity contribution is -0.159. The van der Waals surface area contributed by atoms with E-state index in [0.717, 1.165) is 32.5 Å². The normalized spacial score (nSPS) is 26.5. The minimum atomic E-state index is -0.842. The Balaban J connectivity index is 1.59. The number of hydrogen-bond acceptors (Lipinski definition) is 5. The first-order valence-electron chi connectivity index (χ1n) is 9.47. The van der Waals surface area contributed by atoms with Crippen LogP contribution in [0.5, 0.6) is 0 Å². The molecule has 0 radical (unpaired) electrons. The number of nitrogens with zero attached hydrogens (tertiary/aromatic N) is 2. The van der Waals surface area contributed by atoms with E-state index in [2.05, 4.69) is 46.3 Å². The highest BCUT2D eigenvalue weighted by atomic mass is 16.5. The Bertz CT molecular complexity index is 643. The Labute approximate surface area is 156 Å². The van der Waals surface area contributed by atoms with Crippen molar-refractivity contribution in [1.29, 1.82) is 0 Å². The highest BCUT2D eigenvalue weighted by molar-refractivity contribution is 5.84. The molecule has 2 saturated heterocycles. The fourth-order valence-electron chi connectivity index (χ4n) is 4.14. The molecule has 1 atom stereocenters. The first-order chi connectivity index (χ1) is 12.4. The minimum absolute atomic E-state index is 0.108. The van der Waals surface area contributed by atoms with Gasteiger partial charge in [-0.15, -0.1) is 0 Å². The van der Waals surface area contributed by atoms with Gasteiger partial charge in [-0.3, -0.25) is 9.69 Å². The third kappa shape index (κ3) is 4.03. The highest BCUT2D eigenvalue weighted by Gasteiger charge is 2.42. The summed E-state index contributed by atoms with van der Waals surface area (Å²) >= 11 is 0. The standard InChI is InChI=1S/C20H31N3O3/c1-16-6-4-5-7-17(16)23-10-8-20(25,9-11-23)15-22-12-13-26-19(2,14-22)18(24)21-3/h4-7,25H,8-15H2,1-3H3,(H,21,24)/t19-/m1/s1. The summed E-state index contributed by atoms with van der Waals surface area (Å²) in [6.45, 7) is 8.00. The molecule has 6 heteroatoms. The van der Waals surface area contributed by atoms with Crippen LogP contribution in [0.2, 0.25) is 0 Å². The lowest BCUT2D eigenvalue weighted by atomic mass is 9.89. The van der Waals surface area contributed by atoms with Crippen LogP contribution >= 0.6 is 0 Å². The van der Waals surface area contributed by atoms with Crippen molar-refractivity contribution in [2.45, 2.75) is 37.9 Å². The Hall–Kier alpha value is -1.63. The Kier molecular flexibility index (Phi) is 5.55. The number of para-hydroxylation sites is 1. The molecule has 2 N–H and O–H groups in total. The number of β-amino-alcohol motifs (C(OH)–C–C–N with tert-alkyl or cyclic N) is 1. The summed E-state index contributed by atoms with van der Waals surface area (Å²) in [6.07, 6.45) is 1.46. The number of benzene rings is 1. The molecule has 2 aliphatic rings. The summed E-state index contributed by atoms with van der Waals surface area (Å²) in [7, 11) is 1.63. The van der Waals surface area contributed by atoms with Gasteiger partial charge in [0.25, 0.3) is 5.91 Å². The number of carbonyl (C=O) groups is 1. The lowest BCUT2D eigenvalue weighted by Gasteiger charge is -2.45. The number of aryl methyl sites for hydroxylation is 1. The van der Waals surface area contributed by atoms with Gasteiger partial charge in [0.2, 0.25) is 0 Å². The summed E-state index contributed by atoms with van der Waals surface area (Å²) in [6, 6.07) is 8.40. The minimum Gasteiger partial charge on any atom is -0.388 e. The molecule has 0 saturated carbocycles. The van der Waals surface area contributed by atoms with Gasteiger partial charge in [-0.05, 0) is 38.3 Å². The average Bonchev–Trinajstić information content (AvgIpc) is 2.62. The van der Waals surface area contributed by atoms with Crippen molar-refractivity contribution >= 4 is 11.6 Å². The molecular weight excluding hydrogens is 330 g/mol. The molecule has 3 rings (SSSR count). The largest absolute Gasteiger partial charge is 0.388 e. The van der Waals surface area contributed by atoms with E-state index < -0.39 is 11.2 Å². The summed E-state index contributed by atoms with van der Waals surface area (Å²) in [5.41, 5.74) is 0.978. The number of rotatable bonds is 4. The van der Waals surface area contributed by atoms with E-state index in [1.807, 2.05) is 6.92 Å². The molecular formula is C20H31N3O3. The molecule has 0 bridgehead atoms. The maximum Gasteiger partial charge on any atom is 0.253 e. The van der Waals surface area contributed by atoms with Crippen LogP contribution in [-0.2, 0) is 9.53 Å². The monoisotopic (exact) mass is 361 g/mol. The molecule has 1 aromatic carbocycles. The maximum atomic E-state index is 12.1. The number of hydrogen-bond donors (Lipinski definition) is 2. The van der Waals surface area contributed by atoms with Gasteiger partial charge in [0.1, 0.15) is 0 Å². The number of aliphatic hydroxyl groups is 1. The number of carbonyl (C=O) groups excluding carboxylic acids is 1. The maximum absolute atomic E-state index is 12.1. The summed E-state index contributed by atoms with van der Waals surface area (Å²) in [5, 5.41) is 13.8. The van der Waals surface area contributed by atoms with Crippen molar-refractivity contribution in [3.63, 3.8) is 0 Å². The summed E-state index contributed by atoms with van der Waals surface area (Å²) < 4.78 is 5.71. The topological polar surface area (TPSA) is 65.0 Å². The van der Waals surface area contributed by atoms with Crippen LogP contribution in [-0.4, -0.2) is 73.5 Å². The molecule has 2 fully saturated rings. The lowest BCUT2D eigenvalue weighted by Crippen LogP contribution is -2.61. The van der Waals surface area contributed by atoms with Gasteiger partial charge < -0.3 is 20.1 Å². The van der Waals surface area contributed by atoms with Crippen molar-refractivity contribution in [3.8, 4) is 0 Å². The first kappa shape index (κ1) is 19.1. The molecule has 0 spiro atoms. The van der Waals surface area contributed by atoms with E-state index in [1.165, 1.54) is 11.3 Å². The van der Waals surface area contributed by atoms with Gasteiger partial charge >= 0.3 is 0 Å². The molecule has 6 nitrogen and oxygen atoms in total. The van der Waals surface area contributed by atoms with Crippen molar-refractivity contribution in [2.75, 3.05) is 51.3 Å². The van der Waals surface area contributed by atoms with Crippen LogP contribution in [0.15, 0.2) is 24.3 Å². The number of anilines is 1. The predicted octanol–water partition coefficient (Wildman–Crippen LogP) is 1.16. The second-order valence-electron chi connectivity index (χ2n) is 7.87. The summed E-state index contributed by atoms with van der Waals surface area (Å²) in [5.74, 6) is -0.108. The molecule has 2 heterocycles. The number of ether oxygens (including phenoxy) is 1. The number of amides is 1. The second-order valence-corrected chi connectivity index (χ2v) is 7.87.